The molecule has 1 fully saturated rings. The normalized spacial score (nSPS) is 14.0. The number of ether oxygens (including phenoxy) is 2. The highest BCUT2D eigenvalue weighted by atomic mass is 16.5. The highest BCUT2D eigenvalue weighted by Crippen LogP contribution is 2.24. The molecule has 1 saturated heterocycles. The van der Waals surface area contributed by atoms with Crippen LogP contribution < -0.4 is 15.0 Å². The summed E-state index contributed by atoms with van der Waals surface area (Å²) in [6.07, 6.45) is 3.18. The lowest BCUT2D eigenvalue weighted by Gasteiger charge is -2.27. The molecule has 1 aliphatic heterocycles. The molecular formula is C20H21N5O3. The maximum Gasteiger partial charge on any atom is 0.259 e. The van der Waals surface area contributed by atoms with Crippen molar-refractivity contribution in [3.63, 3.8) is 0 Å². The number of rotatable bonds is 5. The first-order valence-corrected chi connectivity index (χ1v) is 9.02. The summed E-state index contributed by atoms with van der Waals surface area (Å²) in [5.41, 5.74) is 2.59. The summed E-state index contributed by atoms with van der Waals surface area (Å²) in [4.78, 5) is 19.3. The van der Waals surface area contributed by atoms with Gasteiger partial charge in [0.2, 0.25) is 0 Å². The van der Waals surface area contributed by atoms with E-state index in [2.05, 4.69) is 25.4 Å². The average molecular weight is 379 g/mol. The number of amides is 1. The molecule has 8 heteroatoms. The number of morpholine rings is 1. The second-order valence-electron chi connectivity index (χ2n) is 6.35. The van der Waals surface area contributed by atoms with Gasteiger partial charge in [-0.25, -0.2) is 4.98 Å². The summed E-state index contributed by atoms with van der Waals surface area (Å²) in [6.45, 7) is 3.04. The Bertz CT molecular complexity index is 931. The first-order valence-electron chi connectivity index (χ1n) is 9.02. The van der Waals surface area contributed by atoms with Crippen molar-refractivity contribution in [1.82, 2.24) is 15.2 Å². The number of aromatic amines is 1. The standard InChI is InChI=1S/C20H21N5O3/c1-27-16-5-2-14(3-6-16)19-17(13-22-24-19)20(26)23-15-4-7-18(21-12-15)25-8-10-28-11-9-25/h2-7,12-13H,8-11H2,1H3,(H,22,24)(H,23,26). The minimum Gasteiger partial charge on any atom is -0.497 e. The molecule has 144 valence electrons. The van der Waals surface area contributed by atoms with E-state index in [0.29, 0.717) is 30.2 Å². The number of H-pyrrole nitrogens is 1. The van der Waals surface area contributed by atoms with Gasteiger partial charge in [-0.15, -0.1) is 0 Å². The number of aromatic nitrogens is 3. The third kappa shape index (κ3) is 3.81. The number of methoxy groups -OCH3 is 1. The molecule has 0 spiro atoms. The third-order valence-corrected chi connectivity index (χ3v) is 4.60. The third-order valence-electron chi connectivity index (χ3n) is 4.60. The monoisotopic (exact) mass is 379 g/mol. The lowest BCUT2D eigenvalue weighted by atomic mass is 10.1. The average Bonchev–Trinajstić information content (AvgIpc) is 3.25. The van der Waals surface area contributed by atoms with Crippen LogP contribution in [-0.2, 0) is 4.74 Å². The molecule has 0 aliphatic carbocycles. The molecule has 2 aromatic heterocycles. The molecular weight excluding hydrogens is 358 g/mol. The van der Waals surface area contributed by atoms with E-state index in [1.54, 1.807) is 13.3 Å². The first-order chi connectivity index (χ1) is 13.7. The van der Waals surface area contributed by atoms with Crippen molar-refractivity contribution in [2.75, 3.05) is 43.6 Å². The Morgan fingerprint density at radius 1 is 1.14 bits per heavy atom. The van der Waals surface area contributed by atoms with Gasteiger partial charge in [0.25, 0.3) is 5.91 Å². The SMILES string of the molecule is COc1ccc(-c2[nH]ncc2C(=O)Nc2ccc(N3CCOCC3)nc2)cc1. The van der Waals surface area contributed by atoms with E-state index < -0.39 is 0 Å². The van der Waals surface area contributed by atoms with E-state index >= 15 is 0 Å². The van der Waals surface area contributed by atoms with Crippen molar-refractivity contribution >= 4 is 17.4 Å². The van der Waals surface area contributed by atoms with Gasteiger partial charge in [-0.1, -0.05) is 0 Å². The van der Waals surface area contributed by atoms with E-state index in [1.807, 2.05) is 36.4 Å². The van der Waals surface area contributed by atoms with E-state index in [1.165, 1.54) is 6.20 Å². The maximum absolute atomic E-state index is 12.7. The summed E-state index contributed by atoms with van der Waals surface area (Å²) < 4.78 is 10.5. The highest BCUT2D eigenvalue weighted by Gasteiger charge is 2.17. The van der Waals surface area contributed by atoms with Crippen LogP contribution in [0.15, 0.2) is 48.8 Å². The van der Waals surface area contributed by atoms with E-state index in [4.69, 9.17) is 9.47 Å². The minimum atomic E-state index is -0.250. The molecule has 3 heterocycles. The molecule has 1 aromatic carbocycles. The Hall–Kier alpha value is -3.39. The molecule has 0 bridgehead atoms. The van der Waals surface area contributed by atoms with Crippen LogP contribution in [0, 0.1) is 0 Å². The van der Waals surface area contributed by atoms with Gasteiger partial charge in [0.1, 0.15) is 11.6 Å². The number of benzene rings is 1. The van der Waals surface area contributed by atoms with Crippen LogP contribution in [0.25, 0.3) is 11.3 Å². The Morgan fingerprint density at radius 2 is 1.93 bits per heavy atom. The summed E-state index contributed by atoms with van der Waals surface area (Å²) in [6, 6.07) is 11.2. The van der Waals surface area contributed by atoms with Crippen LogP contribution in [0.3, 0.4) is 0 Å². The van der Waals surface area contributed by atoms with Gasteiger partial charge in [-0.05, 0) is 36.4 Å². The number of nitrogens with zero attached hydrogens (tertiary/aromatic N) is 3. The zero-order valence-electron chi connectivity index (χ0n) is 15.5. The fourth-order valence-electron chi connectivity index (χ4n) is 3.07. The van der Waals surface area contributed by atoms with Crippen LogP contribution in [0.2, 0.25) is 0 Å². The predicted octanol–water partition coefficient (Wildman–Crippen LogP) is 2.57. The van der Waals surface area contributed by atoms with Gasteiger partial charge >= 0.3 is 0 Å². The molecule has 0 saturated carbocycles. The van der Waals surface area contributed by atoms with E-state index in [-0.39, 0.29) is 5.91 Å². The topological polar surface area (TPSA) is 92.4 Å². The number of nitrogens with one attached hydrogen (secondary N) is 2. The Kier molecular flexibility index (Phi) is 5.20. The lowest BCUT2D eigenvalue weighted by molar-refractivity contribution is 0.102. The molecule has 8 nitrogen and oxygen atoms in total. The number of hydrogen-bond donors (Lipinski definition) is 2. The van der Waals surface area contributed by atoms with Crippen molar-refractivity contribution in [1.29, 1.82) is 0 Å². The summed E-state index contributed by atoms with van der Waals surface area (Å²) in [5.74, 6) is 1.38. The fraction of sp³-hybridized carbons (Fsp3) is 0.250. The van der Waals surface area contributed by atoms with Gasteiger partial charge in [0, 0.05) is 18.7 Å². The van der Waals surface area contributed by atoms with Crippen LogP contribution >= 0.6 is 0 Å². The number of carbonyl (C=O) groups is 1. The van der Waals surface area contributed by atoms with Gasteiger partial charge in [0.05, 0.1) is 49.7 Å². The Balaban J connectivity index is 1.47. The molecule has 1 aliphatic rings. The summed E-state index contributed by atoms with van der Waals surface area (Å²) in [7, 11) is 1.61. The van der Waals surface area contributed by atoms with Crippen LogP contribution in [0.4, 0.5) is 11.5 Å². The van der Waals surface area contributed by atoms with Crippen molar-refractivity contribution in [2.45, 2.75) is 0 Å². The highest BCUT2D eigenvalue weighted by molar-refractivity contribution is 6.07. The zero-order chi connectivity index (χ0) is 19.3. The van der Waals surface area contributed by atoms with Gasteiger partial charge in [0.15, 0.2) is 0 Å². The predicted molar refractivity (Wildman–Crippen MR) is 106 cm³/mol. The van der Waals surface area contributed by atoms with E-state index in [9.17, 15) is 4.79 Å². The molecule has 4 rings (SSSR count). The van der Waals surface area contributed by atoms with Crippen molar-refractivity contribution in [2.24, 2.45) is 0 Å². The van der Waals surface area contributed by atoms with Crippen LogP contribution in [0.1, 0.15) is 10.4 Å². The Morgan fingerprint density at radius 3 is 2.61 bits per heavy atom. The van der Waals surface area contributed by atoms with Gasteiger partial charge in [-0.2, -0.15) is 5.10 Å². The fourth-order valence-corrected chi connectivity index (χ4v) is 3.07. The molecule has 3 aromatic rings. The lowest BCUT2D eigenvalue weighted by Crippen LogP contribution is -2.36. The van der Waals surface area contributed by atoms with Crippen LogP contribution in [0.5, 0.6) is 5.75 Å². The van der Waals surface area contributed by atoms with Gasteiger partial charge in [-0.3, -0.25) is 9.89 Å². The molecule has 0 unspecified atom stereocenters. The summed E-state index contributed by atoms with van der Waals surface area (Å²) >= 11 is 0. The molecule has 2 N–H and O–H groups in total. The number of anilines is 2. The van der Waals surface area contributed by atoms with Crippen LogP contribution in [-0.4, -0.2) is 54.5 Å². The minimum absolute atomic E-state index is 0.250. The van der Waals surface area contributed by atoms with Crippen molar-refractivity contribution in [3.05, 3.63) is 54.4 Å². The molecule has 0 atom stereocenters. The smallest absolute Gasteiger partial charge is 0.259 e. The first kappa shape index (κ1) is 18.0. The van der Waals surface area contributed by atoms with Crippen molar-refractivity contribution in [3.8, 4) is 17.0 Å². The molecule has 1 amide bonds. The van der Waals surface area contributed by atoms with Gasteiger partial charge < -0.3 is 19.7 Å². The van der Waals surface area contributed by atoms with Crippen molar-refractivity contribution < 1.29 is 14.3 Å². The maximum atomic E-state index is 12.7. The largest absolute Gasteiger partial charge is 0.497 e. The second-order valence-corrected chi connectivity index (χ2v) is 6.35. The van der Waals surface area contributed by atoms with E-state index in [0.717, 1.165) is 30.2 Å². The zero-order valence-corrected chi connectivity index (χ0v) is 15.5. The second kappa shape index (κ2) is 8.10. The number of carbonyl (C=O) groups excluding carboxylic acids is 1. The molecule has 0 radical (unpaired) electrons. The Labute approximate surface area is 162 Å². The number of hydrogen-bond acceptors (Lipinski definition) is 6. The number of pyridine rings is 1. The molecule has 28 heavy (non-hydrogen) atoms. The summed E-state index contributed by atoms with van der Waals surface area (Å²) in [5, 5.41) is 9.80. The quantitative estimate of drug-likeness (QED) is 0.708.